The Morgan fingerprint density at radius 1 is 1.06 bits per heavy atom. The Labute approximate surface area is 284 Å². The van der Waals surface area contributed by atoms with Gasteiger partial charge in [0.2, 0.25) is 0 Å². The van der Waals surface area contributed by atoms with Gasteiger partial charge in [-0.1, -0.05) is 0 Å². The van der Waals surface area contributed by atoms with Crippen molar-refractivity contribution in [3.63, 3.8) is 0 Å². The summed E-state index contributed by atoms with van der Waals surface area (Å²) in [5.74, 6) is 1.36. The van der Waals surface area contributed by atoms with Gasteiger partial charge >= 0.3 is 6.03 Å². The van der Waals surface area contributed by atoms with Gasteiger partial charge in [-0.15, -0.1) is 0 Å². The van der Waals surface area contributed by atoms with E-state index in [9.17, 15) is 14.0 Å². The summed E-state index contributed by atoms with van der Waals surface area (Å²) >= 11 is 0. The minimum absolute atomic E-state index is 0.0527. The number of halogens is 1. The number of ether oxygens (including phenoxy) is 2. The van der Waals surface area contributed by atoms with Crippen molar-refractivity contribution < 1.29 is 23.5 Å². The third-order valence-corrected chi connectivity index (χ3v) is 11.0. The van der Waals surface area contributed by atoms with Crippen LogP contribution in [0.5, 0.6) is 11.5 Å². The van der Waals surface area contributed by atoms with Crippen molar-refractivity contribution in [3.8, 4) is 11.5 Å². The van der Waals surface area contributed by atoms with E-state index >= 15 is 0 Å². The largest absolute Gasteiger partial charge is 0.451 e. The molecule has 11 nitrogen and oxygen atoms in total. The van der Waals surface area contributed by atoms with Gasteiger partial charge in [-0.05, 0) is 103 Å². The van der Waals surface area contributed by atoms with Crippen LogP contribution in [0.4, 0.5) is 15.0 Å². The Morgan fingerprint density at radius 2 is 1.77 bits per heavy atom. The number of carbonyl (C=O) groups is 2. The van der Waals surface area contributed by atoms with Crippen LogP contribution in [0.3, 0.4) is 0 Å². The Balaban J connectivity index is 1.02. The number of nitrogens with zero attached hydrogens (tertiary/aromatic N) is 6. The number of nitrogens with one attached hydrogen (secondary N) is 1. The smallest absolute Gasteiger partial charge is 0.318 e. The lowest BCUT2D eigenvalue weighted by Gasteiger charge is -2.55. The Hall–Kier alpha value is -3.51. The summed E-state index contributed by atoms with van der Waals surface area (Å²) < 4.78 is 25.9. The SMILES string of the molecule is COCCN1CC2(CCC(CN3CCC4(CC3)CN(c3ncncc3Oc3ccc(F)cc3C(=O)N(C(C)C)C(C)C)C4)CC2)NC1=O. The maximum Gasteiger partial charge on any atom is 0.318 e. The summed E-state index contributed by atoms with van der Waals surface area (Å²) in [6.45, 7) is 14.9. The molecule has 4 aliphatic rings. The number of carbonyl (C=O) groups excluding carboxylic acids is 2. The van der Waals surface area contributed by atoms with Gasteiger partial charge in [-0.3, -0.25) is 4.79 Å². The van der Waals surface area contributed by atoms with Crippen molar-refractivity contribution >= 4 is 17.8 Å². The minimum atomic E-state index is -0.487. The summed E-state index contributed by atoms with van der Waals surface area (Å²) in [7, 11) is 1.67. The van der Waals surface area contributed by atoms with Gasteiger partial charge in [-0.2, -0.15) is 0 Å². The minimum Gasteiger partial charge on any atom is -0.451 e. The molecule has 4 heterocycles. The van der Waals surface area contributed by atoms with Crippen LogP contribution in [0.25, 0.3) is 0 Å². The second-order valence-corrected chi connectivity index (χ2v) is 15.1. The van der Waals surface area contributed by atoms with Crippen molar-refractivity contribution in [2.45, 2.75) is 83.8 Å². The van der Waals surface area contributed by atoms with E-state index in [4.69, 9.17) is 9.47 Å². The molecular formula is C36H52FN7O4. The van der Waals surface area contributed by atoms with E-state index in [-0.39, 0.29) is 40.5 Å². The third-order valence-electron chi connectivity index (χ3n) is 11.0. The standard InChI is InChI=1S/C36H52FN7O4/c1-25(2)44(26(3)4)33(45)29-18-28(37)6-7-30(29)48-31-19-38-24-39-32(31)43-21-35(22-43)12-14-41(15-13-35)20-27-8-10-36(11-9-27)23-42(16-17-47-5)34(46)40-36/h6-7,18-19,24-27H,8-17,20-23H2,1-5H3,(H,40,46). The second-order valence-electron chi connectivity index (χ2n) is 15.1. The van der Waals surface area contributed by atoms with E-state index in [0.29, 0.717) is 36.4 Å². The van der Waals surface area contributed by atoms with Crippen molar-refractivity contribution in [2.24, 2.45) is 11.3 Å². The average molecular weight is 666 g/mol. The Bertz CT molecular complexity index is 1440. The molecule has 1 aromatic heterocycles. The molecular weight excluding hydrogens is 613 g/mol. The molecule has 1 N–H and O–H groups in total. The molecule has 48 heavy (non-hydrogen) atoms. The maximum atomic E-state index is 14.4. The van der Waals surface area contributed by atoms with Gasteiger partial charge in [0.15, 0.2) is 11.6 Å². The molecule has 3 aliphatic heterocycles. The van der Waals surface area contributed by atoms with E-state index < -0.39 is 5.82 Å². The van der Waals surface area contributed by atoms with E-state index in [1.165, 1.54) is 24.5 Å². The molecule has 2 spiro atoms. The summed E-state index contributed by atoms with van der Waals surface area (Å²) in [6, 6.07) is 4.02. The zero-order valence-corrected chi connectivity index (χ0v) is 29.2. The third kappa shape index (κ3) is 7.24. The predicted molar refractivity (Wildman–Crippen MR) is 182 cm³/mol. The van der Waals surface area contributed by atoms with Crippen molar-refractivity contribution in [1.29, 1.82) is 0 Å². The summed E-state index contributed by atoms with van der Waals surface area (Å²) in [4.78, 5) is 43.3. The van der Waals surface area contributed by atoms with Crippen LogP contribution in [0.2, 0.25) is 0 Å². The van der Waals surface area contributed by atoms with Gasteiger partial charge in [0.05, 0.1) is 23.9 Å². The fraction of sp³-hybridized carbons (Fsp3) is 0.667. The molecule has 12 heteroatoms. The summed E-state index contributed by atoms with van der Waals surface area (Å²) in [6.07, 6.45) is 9.82. The molecule has 3 amide bonds. The lowest BCUT2D eigenvalue weighted by Crippen LogP contribution is -2.61. The zero-order valence-electron chi connectivity index (χ0n) is 29.2. The highest BCUT2D eigenvalue weighted by molar-refractivity contribution is 5.97. The first-order valence-corrected chi connectivity index (χ1v) is 17.6. The van der Waals surface area contributed by atoms with Crippen LogP contribution in [-0.2, 0) is 4.74 Å². The molecule has 4 fully saturated rings. The first kappa shape index (κ1) is 34.4. The first-order chi connectivity index (χ1) is 23.0. The highest BCUT2D eigenvalue weighted by atomic mass is 19.1. The Kier molecular flexibility index (Phi) is 10.1. The average Bonchev–Trinajstić information content (AvgIpc) is 3.35. The molecule has 6 rings (SSSR count). The van der Waals surface area contributed by atoms with Crippen LogP contribution in [0.1, 0.15) is 76.6 Å². The highest BCUT2D eigenvalue weighted by Crippen LogP contribution is 2.45. The number of rotatable bonds is 11. The summed E-state index contributed by atoms with van der Waals surface area (Å²) in [5.41, 5.74) is 0.369. The number of hydrogen-bond donors (Lipinski definition) is 1. The number of hydrogen-bond acceptors (Lipinski definition) is 8. The molecule has 0 bridgehead atoms. The molecule has 0 atom stereocenters. The van der Waals surface area contributed by atoms with Crippen LogP contribution < -0.4 is 15.0 Å². The zero-order chi connectivity index (χ0) is 34.1. The van der Waals surface area contributed by atoms with Gasteiger partial charge in [0, 0.05) is 57.3 Å². The number of likely N-dealkylation sites (tertiary alicyclic amines) is 1. The van der Waals surface area contributed by atoms with Crippen LogP contribution >= 0.6 is 0 Å². The second kappa shape index (κ2) is 14.2. The predicted octanol–water partition coefficient (Wildman–Crippen LogP) is 5.17. The molecule has 0 unspecified atom stereocenters. The first-order valence-electron chi connectivity index (χ1n) is 17.6. The molecule has 262 valence electrons. The normalized spacial score (nSPS) is 24.0. The number of aromatic nitrogens is 2. The number of piperidine rings is 1. The van der Waals surface area contributed by atoms with Gasteiger partial charge < -0.3 is 34.4 Å². The number of anilines is 1. The lowest BCUT2D eigenvalue weighted by atomic mass is 9.71. The summed E-state index contributed by atoms with van der Waals surface area (Å²) in [5, 5.41) is 3.30. The van der Waals surface area contributed by atoms with Gasteiger partial charge in [0.25, 0.3) is 5.91 Å². The van der Waals surface area contributed by atoms with E-state index in [1.807, 2.05) is 32.6 Å². The molecule has 1 aliphatic carbocycles. The number of methoxy groups -OCH3 is 1. The van der Waals surface area contributed by atoms with Crippen molar-refractivity contribution in [2.75, 3.05) is 64.4 Å². The molecule has 2 aromatic rings. The molecule has 3 saturated heterocycles. The van der Waals surface area contributed by atoms with E-state index in [2.05, 4.69) is 25.1 Å². The van der Waals surface area contributed by atoms with E-state index in [1.54, 1.807) is 18.2 Å². The van der Waals surface area contributed by atoms with Crippen molar-refractivity contribution in [1.82, 2.24) is 30.0 Å². The monoisotopic (exact) mass is 665 g/mol. The van der Waals surface area contributed by atoms with Crippen LogP contribution in [0.15, 0.2) is 30.7 Å². The molecule has 0 radical (unpaired) electrons. The molecule has 1 saturated carbocycles. The number of benzene rings is 1. The Morgan fingerprint density at radius 3 is 2.44 bits per heavy atom. The number of amides is 3. The number of urea groups is 1. The maximum absolute atomic E-state index is 14.4. The quantitative estimate of drug-likeness (QED) is 0.351. The fourth-order valence-corrected chi connectivity index (χ4v) is 8.37. The highest BCUT2D eigenvalue weighted by Gasteiger charge is 2.47. The van der Waals surface area contributed by atoms with E-state index in [0.717, 1.165) is 77.8 Å². The topological polar surface area (TPSA) is 103 Å². The fourth-order valence-electron chi connectivity index (χ4n) is 8.37. The van der Waals surface area contributed by atoms with Crippen molar-refractivity contribution in [3.05, 3.63) is 42.1 Å². The van der Waals surface area contributed by atoms with Crippen LogP contribution in [-0.4, -0.2) is 114 Å². The van der Waals surface area contributed by atoms with Gasteiger partial charge in [-0.25, -0.2) is 19.2 Å². The lowest BCUT2D eigenvalue weighted by molar-refractivity contribution is 0.0582. The van der Waals surface area contributed by atoms with Crippen LogP contribution in [0, 0.1) is 17.2 Å². The van der Waals surface area contributed by atoms with Gasteiger partial charge in [0.1, 0.15) is 17.9 Å². The molecule has 1 aromatic carbocycles.